The molecular formula is C14H20F3NS. The zero-order valence-corrected chi connectivity index (χ0v) is 11.9. The Labute approximate surface area is 116 Å². The van der Waals surface area contributed by atoms with Crippen LogP contribution in [-0.2, 0) is 0 Å². The van der Waals surface area contributed by atoms with Crippen molar-refractivity contribution in [3.8, 4) is 0 Å². The zero-order chi connectivity index (χ0) is 13.9. The van der Waals surface area contributed by atoms with Crippen molar-refractivity contribution in [2.45, 2.75) is 57.3 Å². The second kappa shape index (κ2) is 6.27. The third kappa shape index (κ3) is 3.96. The fraction of sp³-hybridized carbons (Fsp3) is 0.714. The van der Waals surface area contributed by atoms with Crippen LogP contribution in [0.2, 0.25) is 0 Å². The smallest absolute Gasteiger partial charge is 0.306 e. The van der Waals surface area contributed by atoms with Crippen molar-refractivity contribution >= 4 is 11.3 Å². The van der Waals surface area contributed by atoms with Crippen molar-refractivity contribution in [3.05, 3.63) is 22.4 Å². The fourth-order valence-corrected chi connectivity index (χ4v) is 3.63. The first-order valence-electron chi connectivity index (χ1n) is 6.87. The molecule has 0 bridgehead atoms. The van der Waals surface area contributed by atoms with E-state index in [-0.39, 0.29) is 24.9 Å². The quantitative estimate of drug-likeness (QED) is 0.831. The number of nitrogens with one attached hydrogen (secondary N) is 1. The molecule has 0 saturated heterocycles. The molecule has 1 unspecified atom stereocenters. The lowest BCUT2D eigenvalue weighted by Gasteiger charge is -2.32. The molecule has 1 aromatic heterocycles. The van der Waals surface area contributed by atoms with Crippen LogP contribution in [0.25, 0.3) is 0 Å². The van der Waals surface area contributed by atoms with Crippen LogP contribution in [0.3, 0.4) is 0 Å². The molecule has 108 valence electrons. The number of hydrogen-bond acceptors (Lipinski definition) is 2. The fourth-order valence-electron chi connectivity index (χ4n) is 2.76. The molecule has 1 saturated carbocycles. The van der Waals surface area contributed by atoms with Gasteiger partial charge in [-0.1, -0.05) is 13.0 Å². The molecule has 1 heterocycles. The Bertz CT molecular complexity index is 367. The number of alkyl halides is 3. The molecule has 5 heteroatoms. The van der Waals surface area contributed by atoms with E-state index in [0.29, 0.717) is 12.8 Å². The SMILES string of the molecule is CCC(NC1CCC(C(F)(F)F)CC1)c1cccs1. The van der Waals surface area contributed by atoms with Gasteiger partial charge in [-0.05, 0) is 43.6 Å². The summed E-state index contributed by atoms with van der Waals surface area (Å²) in [4.78, 5) is 1.28. The first-order chi connectivity index (χ1) is 9.00. The zero-order valence-electron chi connectivity index (χ0n) is 11.0. The van der Waals surface area contributed by atoms with E-state index in [0.717, 1.165) is 6.42 Å². The average Bonchev–Trinajstić information content (AvgIpc) is 2.89. The maximum atomic E-state index is 12.6. The van der Waals surface area contributed by atoms with Crippen molar-refractivity contribution in [2.75, 3.05) is 0 Å². The van der Waals surface area contributed by atoms with Crippen molar-refractivity contribution in [3.63, 3.8) is 0 Å². The summed E-state index contributed by atoms with van der Waals surface area (Å²) in [6.07, 6.45) is -1.25. The van der Waals surface area contributed by atoms with Gasteiger partial charge in [0.1, 0.15) is 0 Å². The minimum Gasteiger partial charge on any atom is -0.306 e. The first kappa shape index (κ1) is 14.9. The first-order valence-corrected chi connectivity index (χ1v) is 7.74. The van der Waals surface area contributed by atoms with E-state index in [1.165, 1.54) is 4.88 Å². The Kier molecular flexibility index (Phi) is 4.90. The average molecular weight is 291 g/mol. The highest BCUT2D eigenvalue weighted by atomic mass is 32.1. The molecule has 1 nitrogen and oxygen atoms in total. The van der Waals surface area contributed by atoms with E-state index >= 15 is 0 Å². The lowest BCUT2D eigenvalue weighted by atomic mass is 9.85. The molecule has 0 amide bonds. The largest absolute Gasteiger partial charge is 0.391 e. The maximum Gasteiger partial charge on any atom is 0.391 e. The van der Waals surface area contributed by atoms with Crippen molar-refractivity contribution in [1.29, 1.82) is 0 Å². The molecule has 1 aliphatic carbocycles. The number of rotatable bonds is 4. The van der Waals surface area contributed by atoms with Crippen molar-refractivity contribution in [1.82, 2.24) is 5.32 Å². The number of halogens is 3. The van der Waals surface area contributed by atoms with E-state index in [2.05, 4.69) is 18.3 Å². The van der Waals surface area contributed by atoms with Gasteiger partial charge in [0.2, 0.25) is 0 Å². The highest BCUT2D eigenvalue weighted by molar-refractivity contribution is 7.10. The van der Waals surface area contributed by atoms with Crippen LogP contribution in [0, 0.1) is 5.92 Å². The third-order valence-corrected chi connectivity index (χ3v) is 4.91. The van der Waals surface area contributed by atoms with Gasteiger partial charge in [0.05, 0.1) is 5.92 Å². The Hall–Kier alpha value is -0.550. The summed E-state index contributed by atoms with van der Waals surface area (Å²) in [7, 11) is 0. The Balaban J connectivity index is 1.85. The van der Waals surface area contributed by atoms with E-state index in [1.807, 2.05) is 11.4 Å². The van der Waals surface area contributed by atoms with E-state index < -0.39 is 12.1 Å². The standard InChI is InChI=1S/C14H20F3NS/c1-2-12(13-4-3-9-19-13)18-11-7-5-10(6-8-11)14(15,16)17/h3-4,9-12,18H,2,5-8H2,1H3. The van der Waals surface area contributed by atoms with E-state index in [9.17, 15) is 13.2 Å². The molecule has 2 rings (SSSR count). The van der Waals surface area contributed by atoms with Gasteiger partial charge in [-0.15, -0.1) is 11.3 Å². The van der Waals surface area contributed by atoms with Crippen LogP contribution < -0.4 is 5.32 Å². The summed E-state index contributed by atoms with van der Waals surface area (Å²) in [5, 5.41) is 5.56. The highest BCUT2D eigenvalue weighted by Crippen LogP contribution is 2.38. The summed E-state index contributed by atoms with van der Waals surface area (Å²) in [6, 6.07) is 4.62. The molecule has 1 fully saturated rings. The summed E-state index contributed by atoms with van der Waals surface area (Å²) in [5.74, 6) is -1.09. The summed E-state index contributed by atoms with van der Waals surface area (Å²) in [5.41, 5.74) is 0. The predicted molar refractivity (Wildman–Crippen MR) is 72.3 cm³/mol. The molecule has 1 aliphatic rings. The Morgan fingerprint density at radius 3 is 2.47 bits per heavy atom. The Morgan fingerprint density at radius 1 is 1.32 bits per heavy atom. The normalized spacial score (nSPS) is 26.3. The molecule has 0 aliphatic heterocycles. The molecule has 1 aromatic rings. The second-order valence-electron chi connectivity index (χ2n) is 5.23. The maximum absolute atomic E-state index is 12.6. The molecule has 1 N–H and O–H groups in total. The molecule has 19 heavy (non-hydrogen) atoms. The lowest BCUT2D eigenvalue weighted by Crippen LogP contribution is -2.38. The van der Waals surface area contributed by atoms with Gasteiger partial charge in [0.15, 0.2) is 0 Å². The molecule has 0 radical (unpaired) electrons. The monoisotopic (exact) mass is 291 g/mol. The minimum atomic E-state index is -4.01. The topological polar surface area (TPSA) is 12.0 Å². The van der Waals surface area contributed by atoms with Gasteiger partial charge < -0.3 is 5.32 Å². The molecule has 0 aromatic carbocycles. The predicted octanol–water partition coefficient (Wildman–Crippen LogP) is 4.91. The van der Waals surface area contributed by atoms with Gasteiger partial charge >= 0.3 is 6.18 Å². The van der Waals surface area contributed by atoms with Gasteiger partial charge in [0.25, 0.3) is 0 Å². The van der Waals surface area contributed by atoms with Crippen LogP contribution in [0.1, 0.15) is 49.9 Å². The van der Waals surface area contributed by atoms with Crippen LogP contribution >= 0.6 is 11.3 Å². The second-order valence-corrected chi connectivity index (χ2v) is 6.21. The summed E-state index contributed by atoms with van der Waals surface area (Å²) in [6.45, 7) is 2.11. The van der Waals surface area contributed by atoms with Gasteiger partial charge in [-0.3, -0.25) is 0 Å². The van der Waals surface area contributed by atoms with Gasteiger partial charge in [0, 0.05) is 17.0 Å². The van der Waals surface area contributed by atoms with Gasteiger partial charge in [-0.2, -0.15) is 13.2 Å². The van der Waals surface area contributed by atoms with Crippen LogP contribution in [0.15, 0.2) is 17.5 Å². The van der Waals surface area contributed by atoms with Crippen molar-refractivity contribution in [2.24, 2.45) is 5.92 Å². The molecule has 1 atom stereocenters. The van der Waals surface area contributed by atoms with E-state index in [4.69, 9.17) is 0 Å². The van der Waals surface area contributed by atoms with Gasteiger partial charge in [-0.25, -0.2) is 0 Å². The Morgan fingerprint density at radius 2 is 2.00 bits per heavy atom. The number of thiophene rings is 1. The summed E-state index contributed by atoms with van der Waals surface area (Å²) >= 11 is 1.71. The number of hydrogen-bond donors (Lipinski definition) is 1. The molecular weight excluding hydrogens is 271 g/mol. The highest BCUT2D eigenvalue weighted by Gasteiger charge is 2.41. The van der Waals surface area contributed by atoms with Crippen LogP contribution in [0.4, 0.5) is 13.2 Å². The molecule has 0 spiro atoms. The van der Waals surface area contributed by atoms with E-state index in [1.54, 1.807) is 11.3 Å². The van der Waals surface area contributed by atoms with Crippen LogP contribution in [0.5, 0.6) is 0 Å². The van der Waals surface area contributed by atoms with Crippen LogP contribution in [-0.4, -0.2) is 12.2 Å². The summed E-state index contributed by atoms with van der Waals surface area (Å²) < 4.78 is 37.8. The minimum absolute atomic E-state index is 0.227. The van der Waals surface area contributed by atoms with Crippen molar-refractivity contribution < 1.29 is 13.2 Å². The lowest BCUT2D eigenvalue weighted by molar-refractivity contribution is -0.182. The third-order valence-electron chi connectivity index (χ3n) is 3.92.